The Morgan fingerprint density at radius 3 is 1.24 bits per heavy atom. The number of para-hydroxylation sites is 1. The first-order chi connectivity index (χ1) is 40.7. The molecule has 0 saturated heterocycles. The van der Waals surface area contributed by atoms with Crippen molar-refractivity contribution >= 4 is 130 Å². The predicted molar refractivity (Wildman–Crippen MR) is 351 cm³/mol. The molecule has 0 bridgehead atoms. The van der Waals surface area contributed by atoms with E-state index in [1.54, 1.807) is 0 Å². The number of hydrogen-bond donors (Lipinski definition) is 0. The molecule has 0 amide bonds. The van der Waals surface area contributed by atoms with Crippen LogP contribution in [-0.2, 0) is 0 Å². The van der Waals surface area contributed by atoms with E-state index in [1.807, 2.05) is 0 Å². The third kappa shape index (κ3) is 6.58. The average molecular weight is 1040 g/mol. The quantitative estimate of drug-likeness (QED) is 0.152. The van der Waals surface area contributed by atoms with E-state index < -0.39 is 0 Å². The van der Waals surface area contributed by atoms with E-state index in [0.717, 1.165) is 11.4 Å². The van der Waals surface area contributed by atoms with Crippen molar-refractivity contribution in [2.24, 2.45) is 0 Å². The standard InChI is InChI=1S/C80H48N2/c1-3-17-54-44-57(31-28-49(54)14-1)51-34-39-61(40-35-51)81-74-48-60(38-41-69(74)78-70-42-36-52-16-5-6-21-63(52)75(70)64-22-7-9-24-66(64)79(78)81)59-33-30-53-37-43-71-76(72(53)47-59)65-23-8-10-25-67(65)80-77(71)68-26-11-12-27-73(68)82(80)62-20-13-19-56(46-62)58-32-29-50-15-2-4-18-55(50)45-58/h1-48H. The summed E-state index contributed by atoms with van der Waals surface area (Å²) in [5.74, 6) is 0. The molecule has 2 heteroatoms. The molecule has 0 atom stereocenters. The van der Waals surface area contributed by atoms with Crippen molar-refractivity contribution in [2.45, 2.75) is 0 Å². The van der Waals surface area contributed by atoms with E-state index in [2.05, 4.69) is 300 Å². The molecule has 0 spiro atoms. The fraction of sp³-hybridized carbons (Fsp3) is 0. The SMILES string of the molecule is c1cc(-c2ccc3ccccc3c2)cc(-n2c3ccccc3c3c4ccc5ccc(-c6ccc7c8c9ccc%10ccccc%10c9c9ccccc9c8n(-c8ccc(-c9ccc%10ccccc%10c9)cc8)c7c6)cc5c4c4ccccc4c32)c1. The number of rotatable bonds is 5. The smallest absolute Gasteiger partial charge is 0.0625 e. The third-order valence-electron chi connectivity index (χ3n) is 18.0. The number of benzene rings is 16. The molecule has 2 aromatic heterocycles. The van der Waals surface area contributed by atoms with Gasteiger partial charge in [0.25, 0.3) is 0 Å². The highest BCUT2D eigenvalue weighted by Crippen LogP contribution is 2.48. The van der Waals surface area contributed by atoms with E-state index in [4.69, 9.17) is 0 Å². The third-order valence-corrected chi connectivity index (χ3v) is 18.0. The molecule has 0 fully saturated rings. The topological polar surface area (TPSA) is 9.86 Å². The normalized spacial score (nSPS) is 12.1. The van der Waals surface area contributed by atoms with Crippen LogP contribution in [0.5, 0.6) is 0 Å². The summed E-state index contributed by atoms with van der Waals surface area (Å²) < 4.78 is 5.06. The summed E-state index contributed by atoms with van der Waals surface area (Å²) in [4.78, 5) is 0. The first-order valence-electron chi connectivity index (χ1n) is 28.5. The Balaban J connectivity index is 0.865. The zero-order valence-electron chi connectivity index (χ0n) is 44.6. The van der Waals surface area contributed by atoms with E-state index in [9.17, 15) is 0 Å². The minimum atomic E-state index is 1.13. The summed E-state index contributed by atoms with van der Waals surface area (Å²) in [5, 5.41) is 25.1. The first-order valence-corrected chi connectivity index (χ1v) is 28.5. The van der Waals surface area contributed by atoms with Crippen LogP contribution in [0, 0.1) is 0 Å². The van der Waals surface area contributed by atoms with Gasteiger partial charge >= 0.3 is 0 Å². The first kappa shape index (κ1) is 45.1. The molecule has 0 aliphatic rings. The molecule has 0 N–H and O–H groups in total. The van der Waals surface area contributed by atoms with E-state index >= 15 is 0 Å². The number of aromatic nitrogens is 2. The summed E-state index contributed by atoms with van der Waals surface area (Å²) in [5.41, 5.74) is 14.3. The van der Waals surface area contributed by atoms with Crippen LogP contribution in [-0.4, -0.2) is 9.13 Å². The molecule has 378 valence electrons. The molecule has 0 aliphatic carbocycles. The maximum absolute atomic E-state index is 2.54. The summed E-state index contributed by atoms with van der Waals surface area (Å²) in [6.45, 7) is 0. The summed E-state index contributed by atoms with van der Waals surface area (Å²) in [6.07, 6.45) is 0. The molecular formula is C80H48N2. The van der Waals surface area contributed by atoms with Crippen LogP contribution in [0.2, 0.25) is 0 Å². The second-order valence-electron chi connectivity index (χ2n) is 22.3. The Kier molecular flexibility index (Phi) is 9.54. The number of nitrogens with zero attached hydrogens (tertiary/aromatic N) is 2. The Morgan fingerprint density at radius 1 is 0.171 bits per heavy atom. The van der Waals surface area contributed by atoms with E-state index in [-0.39, 0.29) is 0 Å². The van der Waals surface area contributed by atoms with Gasteiger partial charge in [-0.2, -0.15) is 0 Å². The van der Waals surface area contributed by atoms with Crippen molar-refractivity contribution in [3.8, 4) is 44.8 Å². The van der Waals surface area contributed by atoms with Gasteiger partial charge in [0.05, 0.1) is 22.1 Å². The van der Waals surface area contributed by atoms with Crippen molar-refractivity contribution in [1.82, 2.24) is 9.13 Å². The Labute approximate surface area is 472 Å². The number of fused-ring (bicyclic) bond motifs is 22. The van der Waals surface area contributed by atoms with Crippen LogP contribution in [0.1, 0.15) is 0 Å². The molecule has 0 saturated carbocycles. The van der Waals surface area contributed by atoms with E-state index in [0.29, 0.717) is 0 Å². The van der Waals surface area contributed by atoms with Gasteiger partial charge in [0.2, 0.25) is 0 Å². The largest absolute Gasteiger partial charge is 0.309 e. The maximum atomic E-state index is 2.54. The zero-order valence-corrected chi connectivity index (χ0v) is 44.6. The second-order valence-corrected chi connectivity index (χ2v) is 22.3. The van der Waals surface area contributed by atoms with Crippen LogP contribution in [0.25, 0.3) is 175 Å². The average Bonchev–Trinajstić information content (AvgIpc) is 2.81. The van der Waals surface area contributed by atoms with Crippen molar-refractivity contribution in [1.29, 1.82) is 0 Å². The van der Waals surface area contributed by atoms with Crippen molar-refractivity contribution in [3.63, 3.8) is 0 Å². The van der Waals surface area contributed by atoms with Gasteiger partial charge in [0.15, 0.2) is 0 Å². The molecule has 0 radical (unpaired) electrons. The number of hydrogen-bond acceptors (Lipinski definition) is 0. The van der Waals surface area contributed by atoms with Crippen molar-refractivity contribution in [2.75, 3.05) is 0 Å². The van der Waals surface area contributed by atoms with Crippen molar-refractivity contribution in [3.05, 3.63) is 291 Å². The highest BCUT2D eigenvalue weighted by molar-refractivity contribution is 6.38. The molecule has 82 heavy (non-hydrogen) atoms. The van der Waals surface area contributed by atoms with Crippen LogP contribution in [0.4, 0.5) is 0 Å². The molecule has 2 heterocycles. The molecule has 18 aromatic rings. The second kappa shape index (κ2) is 17.3. The highest BCUT2D eigenvalue weighted by atomic mass is 15.0. The minimum absolute atomic E-state index is 1.13. The monoisotopic (exact) mass is 1040 g/mol. The molecule has 0 aliphatic heterocycles. The van der Waals surface area contributed by atoms with Gasteiger partial charge in [-0.15, -0.1) is 0 Å². The lowest BCUT2D eigenvalue weighted by Gasteiger charge is -2.15. The van der Waals surface area contributed by atoms with Gasteiger partial charge in [0.1, 0.15) is 0 Å². The van der Waals surface area contributed by atoms with Gasteiger partial charge < -0.3 is 9.13 Å². The van der Waals surface area contributed by atoms with Gasteiger partial charge in [-0.3, -0.25) is 0 Å². The van der Waals surface area contributed by atoms with Crippen molar-refractivity contribution < 1.29 is 0 Å². The lowest BCUT2D eigenvalue weighted by atomic mass is 9.91. The van der Waals surface area contributed by atoms with Crippen LogP contribution < -0.4 is 0 Å². The highest BCUT2D eigenvalue weighted by Gasteiger charge is 2.23. The zero-order chi connectivity index (χ0) is 53.6. The lowest BCUT2D eigenvalue weighted by Crippen LogP contribution is -1.96. The molecule has 0 unspecified atom stereocenters. The molecular weight excluding hydrogens is 989 g/mol. The fourth-order valence-corrected chi connectivity index (χ4v) is 14.2. The molecule has 18 rings (SSSR count). The van der Waals surface area contributed by atoms with E-state index in [1.165, 1.54) is 163 Å². The Morgan fingerprint density at radius 2 is 0.585 bits per heavy atom. The minimum Gasteiger partial charge on any atom is -0.309 e. The fourth-order valence-electron chi connectivity index (χ4n) is 14.2. The summed E-state index contributed by atoms with van der Waals surface area (Å²) >= 11 is 0. The van der Waals surface area contributed by atoms with Crippen LogP contribution in [0.3, 0.4) is 0 Å². The van der Waals surface area contributed by atoms with Gasteiger partial charge in [0, 0.05) is 43.7 Å². The summed E-state index contributed by atoms with van der Waals surface area (Å²) in [7, 11) is 0. The van der Waals surface area contributed by atoms with Gasteiger partial charge in [-0.05, 0) is 163 Å². The Bertz CT molecular complexity index is 5760. The van der Waals surface area contributed by atoms with Gasteiger partial charge in [-0.25, -0.2) is 0 Å². The Hall–Kier alpha value is -10.8. The molecule has 16 aromatic carbocycles. The van der Waals surface area contributed by atoms with Gasteiger partial charge in [-0.1, -0.05) is 237 Å². The predicted octanol–water partition coefficient (Wildman–Crippen LogP) is 22.1. The lowest BCUT2D eigenvalue weighted by molar-refractivity contribution is 1.19. The maximum Gasteiger partial charge on any atom is 0.0625 e. The summed E-state index contributed by atoms with van der Waals surface area (Å²) in [6, 6.07) is 109. The van der Waals surface area contributed by atoms with Crippen LogP contribution >= 0.6 is 0 Å². The molecule has 2 nitrogen and oxygen atoms in total. The van der Waals surface area contributed by atoms with Crippen LogP contribution in [0.15, 0.2) is 291 Å².